The second kappa shape index (κ2) is 6.60. The van der Waals surface area contributed by atoms with Crippen LogP contribution >= 0.6 is 0 Å². The highest BCUT2D eigenvalue weighted by molar-refractivity contribution is 5.68. The molecule has 0 atom stereocenters. The summed E-state index contributed by atoms with van der Waals surface area (Å²) in [6, 6.07) is 3.85. The lowest BCUT2D eigenvalue weighted by atomic mass is 9.86. The SMILES string of the molecule is CC(C)(C)OC(=O)NC1CC(NCc2ccc(F)cc2F)C1. The van der Waals surface area contributed by atoms with Gasteiger partial charge in [-0.15, -0.1) is 0 Å². The van der Waals surface area contributed by atoms with Gasteiger partial charge in [-0.05, 0) is 39.7 Å². The van der Waals surface area contributed by atoms with Gasteiger partial charge in [-0.3, -0.25) is 0 Å². The minimum absolute atomic E-state index is 0.0745. The highest BCUT2D eigenvalue weighted by atomic mass is 19.1. The molecule has 1 fully saturated rings. The quantitative estimate of drug-likeness (QED) is 0.898. The van der Waals surface area contributed by atoms with Crippen molar-refractivity contribution in [2.24, 2.45) is 0 Å². The molecule has 1 aliphatic carbocycles. The second-order valence-corrected chi connectivity index (χ2v) is 6.63. The van der Waals surface area contributed by atoms with E-state index in [1.165, 1.54) is 12.1 Å². The summed E-state index contributed by atoms with van der Waals surface area (Å²) in [5, 5.41) is 5.99. The van der Waals surface area contributed by atoms with Gasteiger partial charge in [-0.1, -0.05) is 6.07 Å². The number of ether oxygens (including phenoxy) is 1. The van der Waals surface area contributed by atoms with Crippen molar-refractivity contribution >= 4 is 6.09 Å². The molecular weight excluding hydrogens is 290 g/mol. The fourth-order valence-corrected chi connectivity index (χ4v) is 2.30. The van der Waals surface area contributed by atoms with Gasteiger partial charge in [0.05, 0.1) is 0 Å². The molecule has 4 nitrogen and oxygen atoms in total. The zero-order valence-corrected chi connectivity index (χ0v) is 13.1. The maximum atomic E-state index is 13.5. The summed E-state index contributed by atoms with van der Waals surface area (Å²) in [4.78, 5) is 11.6. The molecule has 2 N–H and O–H groups in total. The highest BCUT2D eigenvalue weighted by Crippen LogP contribution is 2.21. The first kappa shape index (κ1) is 16.7. The van der Waals surface area contributed by atoms with Crippen LogP contribution in [-0.4, -0.2) is 23.8 Å². The van der Waals surface area contributed by atoms with E-state index in [1.807, 2.05) is 20.8 Å². The predicted octanol–water partition coefficient (Wildman–Crippen LogP) is 3.11. The fraction of sp³-hybridized carbons (Fsp3) is 0.562. The third-order valence-corrected chi connectivity index (χ3v) is 3.46. The number of amides is 1. The number of hydrogen-bond acceptors (Lipinski definition) is 3. The maximum absolute atomic E-state index is 13.5. The molecule has 1 aromatic carbocycles. The zero-order chi connectivity index (χ0) is 16.3. The third-order valence-electron chi connectivity index (χ3n) is 3.46. The molecule has 1 aromatic rings. The van der Waals surface area contributed by atoms with E-state index in [0.717, 1.165) is 18.9 Å². The van der Waals surface area contributed by atoms with Crippen molar-refractivity contribution in [1.29, 1.82) is 0 Å². The Bertz CT molecular complexity index is 537. The Kier molecular flexibility index (Phi) is 5.01. The van der Waals surface area contributed by atoms with Gasteiger partial charge in [0.2, 0.25) is 0 Å². The van der Waals surface area contributed by atoms with E-state index in [4.69, 9.17) is 4.74 Å². The van der Waals surface area contributed by atoms with Crippen molar-refractivity contribution < 1.29 is 18.3 Å². The average molecular weight is 312 g/mol. The predicted molar refractivity (Wildman–Crippen MR) is 79.4 cm³/mol. The Morgan fingerprint density at radius 2 is 1.95 bits per heavy atom. The number of halogens is 2. The number of rotatable bonds is 4. The first-order chi connectivity index (χ1) is 10.2. The summed E-state index contributed by atoms with van der Waals surface area (Å²) in [6.07, 6.45) is 1.12. The standard InChI is InChI=1S/C16H22F2N2O2/c1-16(2,3)22-15(21)20-13-7-12(8-13)19-9-10-4-5-11(17)6-14(10)18/h4-6,12-13,19H,7-9H2,1-3H3,(H,20,21). The highest BCUT2D eigenvalue weighted by Gasteiger charge is 2.31. The van der Waals surface area contributed by atoms with Gasteiger partial charge in [0.15, 0.2) is 0 Å². The van der Waals surface area contributed by atoms with Crippen molar-refractivity contribution in [3.05, 3.63) is 35.4 Å². The van der Waals surface area contributed by atoms with Gasteiger partial charge in [-0.25, -0.2) is 13.6 Å². The van der Waals surface area contributed by atoms with Crippen LogP contribution in [0.25, 0.3) is 0 Å². The molecule has 0 unspecified atom stereocenters. The minimum Gasteiger partial charge on any atom is -0.444 e. The van der Waals surface area contributed by atoms with Crippen LogP contribution in [0, 0.1) is 11.6 Å². The number of alkyl carbamates (subject to hydrolysis) is 1. The summed E-state index contributed by atoms with van der Waals surface area (Å²) >= 11 is 0. The van der Waals surface area contributed by atoms with E-state index in [0.29, 0.717) is 12.1 Å². The van der Waals surface area contributed by atoms with Gasteiger partial charge < -0.3 is 15.4 Å². The third kappa shape index (κ3) is 4.94. The number of carbonyl (C=O) groups is 1. The Morgan fingerprint density at radius 3 is 2.55 bits per heavy atom. The van der Waals surface area contributed by atoms with Crippen LogP contribution in [0.2, 0.25) is 0 Å². The lowest BCUT2D eigenvalue weighted by Gasteiger charge is -2.36. The van der Waals surface area contributed by atoms with Crippen LogP contribution in [-0.2, 0) is 11.3 Å². The molecule has 1 amide bonds. The summed E-state index contributed by atoms with van der Waals surface area (Å²) in [5.74, 6) is -1.12. The first-order valence-electron chi connectivity index (χ1n) is 7.40. The molecule has 0 saturated heterocycles. The number of hydrogen-bond donors (Lipinski definition) is 2. The zero-order valence-electron chi connectivity index (χ0n) is 13.1. The Hall–Kier alpha value is -1.69. The number of benzene rings is 1. The van der Waals surface area contributed by atoms with Crippen molar-refractivity contribution in [3.8, 4) is 0 Å². The lowest BCUT2D eigenvalue weighted by Crippen LogP contribution is -2.53. The van der Waals surface area contributed by atoms with E-state index in [1.54, 1.807) is 0 Å². The lowest BCUT2D eigenvalue weighted by molar-refractivity contribution is 0.0465. The normalized spacial score (nSPS) is 21.1. The molecule has 0 radical (unpaired) electrons. The van der Waals surface area contributed by atoms with Gasteiger partial charge in [0.1, 0.15) is 17.2 Å². The molecule has 122 valence electrons. The van der Waals surface area contributed by atoms with Crippen molar-refractivity contribution in [1.82, 2.24) is 10.6 Å². The van der Waals surface area contributed by atoms with Crippen LogP contribution in [0.1, 0.15) is 39.2 Å². The molecule has 0 bridgehead atoms. The van der Waals surface area contributed by atoms with Crippen molar-refractivity contribution in [3.63, 3.8) is 0 Å². The summed E-state index contributed by atoms with van der Waals surface area (Å²) in [6.45, 7) is 5.79. The fourth-order valence-electron chi connectivity index (χ4n) is 2.30. The number of nitrogens with one attached hydrogen (secondary N) is 2. The molecule has 1 aliphatic rings. The first-order valence-corrected chi connectivity index (χ1v) is 7.40. The van der Waals surface area contributed by atoms with Crippen molar-refractivity contribution in [2.45, 2.75) is 57.8 Å². The summed E-state index contributed by atoms with van der Waals surface area (Å²) in [5.41, 5.74) is -0.0732. The molecule has 22 heavy (non-hydrogen) atoms. The van der Waals surface area contributed by atoms with Crippen LogP contribution in [0.4, 0.5) is 13.6 Å². The van der Waals surface area contributed by atoms with Gasteiger partial charge in [-0.2, -0.15) is 0 Å². The smallest absolute Gasteiger partial charge is 0.407 e. The summed E-state index contributed by atoms with van der Waals surface area (Å²) in [7, 11) is 0. The Balaban J connectivity index is 1.68. The largest absolute Gasteiger partial charge is 0.444 e. The monoisotopic (exact) mass is 312 g/mol. The molecule has 2 rings (SSSR count). The Morgan fingerprint density at radius 1 is 1.27 bits per heavy atom. The van der Waals surface area contributed by atoms with Crippen LogP contribution in [0.3, 0.4) is 0 Å². The topological polar surface area (TPSA) is 50.4 Å². The van der Waals surface area contributed by atoms with Crippen LogP contribution in [0.15, 0.2) is 18.2 Å². The molecule has 0 aromatic heterocycles. The van der Waals surface area contributed by atoms with E-state index < -0.39 is 23.3 Å². The van der Waals surface area contributed by atoms with Gasteiger partial charge in [0, 0.05) is 30.3 Å². The van der Waals surface area contributed by atoms with Crippen molar-refractivity contribution in [2.75, 3.05) is 0 Å². The maximum Gasteiger partial charge on any atom is 0.407 e. The van der Waals surface area contributed by atoms with Gasteiger partial charge in [0.25, 0.3) is 0 Å². The van der Waals surface area contributed by atoms with E-state index in [-0.39, 0.29) is 12.1 Å². The van der Waals surface area contributed by atoms with Crippen LogP contribution < -0.4 is 10.6 Å². The Labute approximate surface area is 129 Å². The van der Waals surface area contributed by atoms with E-state index in [9.17, 15) is 13.6 Å². The molecule has 0 spiro atoms. The second-order valence-electron chi connectivity index (χ2n) is 6.63. The molecule has 6 heteroatoms. The summed E-state index contributed by atoms with van der Waals surface area (Å²) < 4.78 is 31.5. The van der Waals surface area contributed by atoms with Crippen LogP contribution in [0.5, 0.6) is 0 Å². The minimum atomic E-state index is -0.577. The number of carbonyl (C=O) groups excluding carboxylic acids is 1. The van der Waals surface area contributed by atoms with E-state index in [2.05, 4.69) is 10.6 Å². The van der Waals surface area contributed by atoms with Gasteiger partial charge >= 0.3 is 6.09 Å². The molecule has 1 saturated carbocycles. The molecule has 0 aliphatic heterocycles. The average Bonchev–Trinajstić information content (AvgIpc) is 2.31. The van der Waals surface area contributed by atoms with E-state index >= 15 is 0 Å². The molecule has 0 heterocycles. The molecular formula is C16H22F2N2O2.